The molecule has 1 aromatic carbocycles. The Balaban J connectivity index is 1.64. The second kappa shape index (κ2) is 9.68. The van der Waals surface area contributed by atoms with Crippen molar-refractivity contribution in [3.63, 3.8) is 0 Å². The minimum atomic E-state index is -4.94. The van der Waals surface area contributed by atoms with Gasteiger partial charge in [-0.25, -0.2) is 0 Å². The fraction of sp³-hybridized carbons (Fsp3) is 0.545. The molecule has 2 aliphatic rings. The van der Waals surface area contributed by atoms with Crippen molar-refractivity contribution in [1.82, 2.24) is 15.5 Å². The van der Waals surface area contributed by atoms with E-state index in [4.69, 9.17) is 5.26 Å². The molecule has 0 bridgehead atoms. The van der Waals surface area contributed by atoms with Crippen LogP contribution in [-0.4, -0.2) is 47.6 Å². The second-order valence-corrected chi connectivity index (χ2v) is 8.41. The smallest absolute Gasteiger partial charge is 0.405 e. The lowest BCUT2D eigenvalue weighted by Gasteiger charge is -2.45. The zero-order chi connectivity index (χ0) is 24.2. The van der Waals surface area contributed by atoms with Crippen molar-refractivity contribution in [2.45, 2.75) is 57.5 Å². The highest BCUT2D eigenvalue weighted by molar-refractivity contribution is 5.92. The number of alkyl halides is 3. The number of likely N-dealkylation sites (tertiary alicyclic amines) is 1. The van der Waals surface area contributed by atoms with Gasteiger partial charge in [0.1, 0.15) is 11.3 Å². The molecule has 178 valence electrons. The first-order valence-corrected chi connectivity index (χ1v) is 10.7. The van der Waals surface area contributed by atoms with Gasteiger partial charge in [-0.3, -0.25) is 14.4 Å². The van der Waals surface area contributed by atoms with Crippen molar-refractivity contribution in [3.8, 4) is 11.8 Å². The van der Waals surface area contributed by atoms with Crippen molar-refractivity contribution in [2.75, 3.05) is 13.1 Å². The Hall–Kier alpha value is -3.29. The van der Waals surface area contributed by atoms with Gasteiger partial charge in [-0.2, -0.15) is 5.26 Å². The van der Waals surface area contributed by atoms with E-state index < -0.39 is 29.5 Å². The highest BCUT2D eigenvalue weighted by Crippen LogP contribution is 2.35. The minimum absolute atomic E-state index is 0.00476. The van der Waals surface area contributed by atoms with E-state index in [-0.39, 0.29) is 36.0 Å². The lowest BCUT2D eigenvalue weighted by atomic mass is 9.75. The summed E-state index contributed by atoms with van der Waals surface area (Å²) in [7, 11) is 0. The molecule has 1 heterocycles. The summed E-state index contributed by atoms with van der Waals surface area (Å²) in [5.41, 5.74) is -0.839. The molecule has 0 aromatic heterocycles. The lowest BCUT2D eigenvalue weighted by molar-refractivity contribution is -0.274. The van der Waals surface area contributed by atoms with Crippen molar-refractivity contribution in [1.29, 1.82) is 5.26 Å². The molecule has 1 saturated heterocycles. The quantitative estimate of drug-likeness (QED) is 0.669. The maximum atomic E-state index is 13.1. The first-order chi connectivity index (χ1) is 15.5. The number of hydrogen-bond acceptors (Lipinski definition) is 5. The van der Waals surface area contributed by atoms with Crippen LogP contribution in [0.4, 0.5) is 13.2 Å². The van der Waals surface area contributed by atoms with Crippen LogP contribution < -0.4 is 15.4 Å². The number of hydrogen-bond donors (Lipinski definition) is 2. The van der Waals surface area contributed by atoms with Crippen molar-refractivity contribution in [3.05, 3.63) is 29.3 Å². The number of carbonyl (C=O) groups is 3. The van der Waals surface area contributed by atoms with Crippen molar-refractivity contribution < 1.29 is 32.3 Å². The van der Waals surface area contributed by atoms with E-state index in [0.717, 1.165) is 12.5 Å². The van der Waals surface area contributed by atoms with Crippen LogP contribution in [0.3, 0.4) is 0 Å². The summed E-state index contributed by atoms with van der Waals surface area (Å²) < 4.78 is 42.2. The van der Waals surface area contributed by atoms with Gasteiger partial charge in [0, 0.05) is 32.1 Å². The molecule has 1 saturated carbocycles. The lowest BCUT2D eigenvalue weighted by Crippen LogP contribution is -2.64. The Labute approximate surface area is 189 Å². The molecule has 2 fully saturated rings. The summed E-state index contributed by atoms with van der Waals surface area (Å²) >= 11 is 0. The topological polar surface area (TPSA) is 112 Å². The Morgan fingerprint density at radius 3 is 2.58 bits per heavy atom. The van der Waals surface area contributed by atoms with E-state index in [0.29, 0.717) is 32.2 Å². The molecule has 1 unspecified atom stereocenters. The predicted octanol–water partition coefficient (Wildman–Crippen LogP) is 2.37. The maximum Gasteiger partial charge on any atom is 0.573 e. The Morgan fingerprint density at radius 2 is 2.00 bits per heavy atom. The van der Waals surface area contributed by atoms with E-state index in [1.54, 1.807) is 11.0 Å². The third-order valence-electron chi connectivity index (χ3n) is 5.99. The standard InChI is InChI=1S/C22H25F3N4O4/c1-14(30)28-21(7-3-8-21)20(32)29-9-2-4-17(13-29)19(31)27-12-16-6-5-15(11-26)10-18(16)33-22(23,24)25/h5-6,10,17H,2-4,7-9,12-13H2,1H3,(H,27,31)(H,28,30). The number of benzene rings is 1. The first kappa shape index (κ1) is 24.4. The molecule has 33 heavy (non-hydrogen) atoms. The molecule has 1 aliphatic carbocycles. The van der Waals surface area contributed by atoms with E-state index >= 15 is 0 Å². The Bertz CT molecular complexity index is 969. The van der Waals surface area contributed by atoms with Crippen LogP contribution in [0.25, 0.3) is 0 Å². The van der Waals surface area contributed by atoms with Crippen molar-refractivity contribution in [2.24, 2.45) is 5.92 Å². The number of nitrogens with zero attached hydrogens (tertiary/aromatic N) is 2. The second-order valence-electron chi connectivity index (χ2n) is 8.41. The molecule has 3 rings (SSSR count). The maximum absolute atomic E-state index is 13.1. The average molecular weight is 466 g/mol. The molecule has 0 spiro atoms. The SMILES string of the molecule is CC(=O)NC1(C(=O)N2CCCC(C(=O)NCc3ccc(C#N)cc3OC(F)(F)F)C2)CCC1. The Morgan fingerprint density at radius 1 is 1.27 bits per heavy atom. The fourth-order valence-corrected chi connectivity index (χ4v) is 4.25. The van der Waals surface area contributed by atoms with Crippen LogP contribution in [-0.2, 0) is 20.9 Å². The number of nitriles is 1. The average Bonchev–Trinajstić information content (AvgIpc) is 2.73. The first-order valence-electron chi connectivity index (χ1n) is 10.7. The molecule has 1 aliphatic heterocycles. The molecule has 1 aromatic rings. The largest absolute Gasteiger partial charge is 0.573 e. The van der Waals surface area contributed by atoms with Gasteiger partial charge in [0.05, 0.1) is 17.6 Å². The highest BCUT2D eigenvalue weighted by atomic mass is 19.4. The van der Waals surface area contributed by atoms with Gasteiger partial charge in [0.15, 0.2) is 0 Å². The number of amides is 3. The summed E-state index contributed by atoms with van der Waals surface area (Å²) in [6.07, 6.45) is -1.88. The van der Waals surface area contributed by atoms with Gasteiger partial charge in [0.25, 0.3) is 0 Å². The summed E-state index contributed by atoms with van der Waals surface area (Å²) in [6.45, 7) is 1.78. The van der Waals surface area contributed by atoms with Crippen LogP contribution in [0.2, 0.25) is 0 Å². The zero-order valence-electron chi connectivity index (χ0n) is 18.1. The van der Waals surface area contributed by atoms with Crippen LogP contribution in [0, 0.1) is 17.2 Å². The van der Waals surface area contributed by atoms with Crippen LogP contribution >= 0.6 is 0 Å². The zero-order valence-corrected chi connectivity index (χ0v) is 18.1. The molecular weight excluding hydrogens is 441 g/mol. The molecule has 3 amide bonds. The van der Waals surface area contributed by atoms with Gasteiger partial charge in [0.2, 0.25) is 17.7 Å². The van der Waals surface area contributed by atoms with Gasteiger partial charge < -0.3 is 20.3 Å². The number of piperidine rings is 1. The van der Waals surface area contributed by atoms with Gasteiger partial charge >= 0.3 is 6.36 Å². The van der Waals surface area contributed by atoms with Crippen LogP contribution in [0.1, 0.15) is 50.2 Å². The molecule has 0 radical (unpaired) electrons. The fourth-order valence-electron chi connectivity index (χ4n) is 4.25. The molecular formula is C22H25F3N4O4. The van der Waals surface area contributed by atoms with E-state index in [2.05, 4.69) is 15.4 Å². The number of ether oxygens (including phenoxy) is 1. The van der Waals surface area contributed by atoms with Gasteiger partial charge in [-0.1, -0.05) is 6.07 Å². The molecule has 2 N–H and O–H groups in total. The van der Waals surface area contributed by atoms with Gasteiger partial charge in [-0.15, -0.1) is 13.2 Å². The normalized spacial score (nSPS) is 19.6. The summed E-state index contributed by atoms with van der Waals surface area (Å²) in [4.78, 5) is 38.9. The van der Waals surface area contributed by atoms with Crippen LogP contribution in [0.15, 0.2) is 18.2 Å². The summed E-state index contributed by atoms with van der Waals surface area (Å²) in [5.74, 6) is -1.95. The highest BCUT2D eigenvalue weighted by Gasteiger charge is 2.48. The monoisotopic (exact) mass is 466 g/mol. The number of carbonyl (C=O) groups excluding carboxylic acids is 3. The molecule has 1 atom stereocenters. The summed E-state index contributed by atoms with van der Waals surface area (Å²) in [6, 6.07) is 5.35. The number of halogens is 3. The number of rotatable bonds is 6. The van der Waals surface area contributed by atoms with Crippen LogP contribution in [0.5, 0.6) is 5.75 Å². The van der Waals surface area contributed by atoms with E-state index in [9.17, 15) is 27.6 Å². The van der Waals surface area contributed by atoms with Crippen molar-refractivity contribution >= 4 is 17.7 Å². The third kappa shape index (κ3) is 5.94. The Kier molecular flexibility index (Phi) is 7.15. The van der Waals surface area contributed by atoms with E-state index in [1.807, 2.05) is 0 Å². The number of nitrogens with one attached hydrogen (secondary N) is 2. The van der Waals surface area contributed by atoms with E-state index in [1.165, 1.54) is 19.1 Å². The van der Waals surface area contributed by atoms with Gasteiger partial charge in [-0.05, 0) is 44.2 Å². The summed E-state index contributed by atoms with van der Waals surface area (Å²) in [5, 5.41) is 14.3. The molecule has 11 heteroatoms. The third-order valence-corrected chi connectivity index (χ3v) is 5.99. The molecule has 8 nitrogen and oxygen atoms in total. The minimum Gasteiger partial charge on any atom is -0.405 e. The predicted molar refractivity (Wildman–Crippen MR) is 109 cm³/mol.